The lowest BCUT2D eigenvalue weighted by Crippen LogP contribution is -2.21. The predicted octanol–water partition coefficient (Wildman–Crippen LogP) is 5.55. The van der Waals surface area contributed by atoms with Gasteiger partial charge in [0.25, 0.3) is 15.9 Å². The van der Waals surface area contributed by atoms with E-state index in [1.54, 1.807) is 12.1 Å². The van der Waals surface area contributed by atoms with E-state index in [9.17, 15) is 13.2 Å². The van der Waals surface area contributed by atoms with Gasteiger partial charge in [0.05, 0.1) is 4.90 Å². The number of carbonyl (C=O) groups excluding carboxylic acids is 1. The fourth-order valence-corrected chi connectivity index (χ4v) is 4.45. The van der Waals surface area contributed by atoms with Crippen LogP contribution in [0.2, 0.25) is 0 Å². The SMILES string of the molecule is Cc1ccc(NS(=O)(=O)c2ccc(OCC(=O)Nc3c(C)cccc3C(C)C)cc2)cc1C. The highest BCUT2D eigenvalue weighted by Gasteiger charge is 2.16. The molecule has 0 aliphatic carbocycles. The molecule has 7 heteroatoms. The van der Waals surface area contributed by atoms with E-state index in [2.05, 4.69) is 23.9 Å². The highest BCUT2D eigenvalue weighted by Crippen LogP contribution is 2.27. The summed E-state index contributed by atoms with van der Waals surface area (Å²) in [4.78, 5) is 12.6. The first kappa shape index (κ1) is 24.3. The maximum atomic E-state index is 12.7. The van der Waals surface area contributed by atoms with E-state index in [1.165, 1.54) is 24.3 Å². The van der Waals surface area contributed by atoms with Gasteiger partial charge in [-0.1, -0.05) is 38.1 Å². The second-order valence-corrected chi connectivity index (χ2v) is 10.1. The number of sulfonamides is 1. The van der Waals surface area contributed by atoms with E-state index in [0.29, 0.717) is 11.4 Å². The zero-order valence-corrected chi connectivity index (χ0v) is 20.4. The number of amides is 1. The van der Waals surface area contributed by atoms with E-state index in [4.69, 9.17) is 4.74 Å². The third-order valence-electron chi connectivity index (χ3n) is 5.45. The molecule has 0 spiro atoms. The minimum atomic E-state index is -3.73. The Morgan fingerprint density at radius 3 is 2.24 bits per heavy atom. The highest BCUT2D eigenvalue weighted by atomic mass is 32.2. The molecular weight excluding hydrogens is 436 g/mol. The van der Waals surface area contributed by atoms with Crippen molar-refractivity contribution in [3.05, 3.63) is 82.9 Å². The summed E-state index contributed by atoms with van der Waals surface area (Å²) in [7, 11) is -3.73. The zero-order chi connectivity index (χ0) is 24.2. The number of carbonyl (C=O) groups is 1. The molecule has 1 amide bonds. The minimum Gasteiger partial charge on any atom is -0.484 e. The van der Waals surface area contributed by atoms with Gasteiger partial charge in [-0.25, -0.2) is 8.42 Å². The predicted molar refractivity (Wildman–Crippen MR) is 133 cm³/mol. The third kappa shape index (κ3) is 6.14. The molecular formula is C26H30N2O4S. The maximum Gasteiger partial charge on any atom is 0.262 e. The molecule has 174 valence electrons. The van der Waals surface area contributed by atoms with E-state index < -0.39 is 10.0 Å². The third-order valence-corrected chi connectivity index (χ3v) is 6.85. The zero-order valence-electron chi connectivity index (χ0n) is 19.6. The summed E-state index contributed by atoms with van der Waals surface area (Å²) in [6.45, 7) is 9.82. The van der Waals surface area contributed by atoms with Gasteiger partial charge in [-0.15, -0.1) is 0 Å². The number of hydrogen-bond donors (Lipinski definition) is 2. The van der Waals surface area contributed by atoms with Crippen LogP contribution >= 0.6 is 0 Å². The van der Waals surface area contributed by atoms with Crippen LogP contribution in [0, 0.1) is 20.8 Å². The number of ether oxygens (including phenoxy) is 1. The molecule has 6 nitrogen and oxygen atoms in total. The molecule has 3 aromatic rings. The average molecular weight is 467 g/mol. The van der Waals surface area contributed by atoms with Crippen LogP contribution in [0.15, 0.2) is 65.6 Å². The van der Waals surface area contributed by atoms with Crippen LogP contribution in [0.3, 0.4) is 0 Å². The van der Waals surface area contributed by atoms with Crippen molar-refractivity contribution >= 4 is 27.3 Å². The van der Waals surface area contributed by atoms with Crippen molar-refractivity contribution in [2.45, 2.75) is 45.4 Å². The first-order valence-electron chi connectivity index (χ1n) is 10.8. The van der Waals surface area contributed by atoms with Crippen LogP contribution in [0.1, 0.15) is 42.0 Å². The molecule has 0 aromatic heterocycles. The Kier molecular flexibility index (Phi) is 7.43. The Hall–Kier alpha value is -3.32. The summed E-state index contributed by atoms with van der Waals surface area (Å²) in [5.41, 5.74) is 5.45. The number of para-hydroxylation sites is 1. The van der Waals surface area contributed by atoms with Crippen LogP contribution in [-0.2, 0) is 14.8 Å². The van der Waals surface area contributed by atoms with Gasteiger partial charge in [0.2, 0.25) is 0 Å². The largest absolute Gasteiger partial charge is 0.484 e. The van der Waals surface area contributed by atoms with Crippen LogP contribution in [0.4, 0.5) is 11.4 Å². The Morgan fingerprint density at radius 2 is 1.61 bits per heavy atom. The van der Waals surface area contributed by atoms with Gasteiger partial charge >= 0.3 is 0 Å². The summed E-state index contributed by atoms with van der Waals surface area (Å²) >= 11 is 0. The first-order valence-corrected chi connectivity index (χ1v) is 12.3. The Bertz CT molecular complexity index is 1250. The number of hydrogen-bond acceptors (Lipinski definition) is 4. The fourth-order valence-electron chi connectivity index (χ4n) is 3.40. The van der Waals surface area contributed by atoms with Gasteiger partial charge in [-0.3, -0.25) is 9.52 Å². The quantitative estimate of drug-likeness (QED) is 0.456. The number of nitrogens with one attached hydrogen (secondary N) is 2. The summed E-state index contributed by atoms with van der Waals surface area (Å²) in [5.74, 6) is 0.400. The summed E-state index contributed by atoms with van der Waals surface area (Å²) in [6.07, 6.45) is 0. The molecule has 0 heterocycles. The Morgan fingerprint density at radius 1 is 0.909 bits per heavy atom. The standard InChI is InChI=1S/C26H30N2O4S/c1-17(2)24-8-6-7-19(4)26(24)27-25(29)16-32-22-11-13-23(14-12-22)33(30,31)28-21-10-9-18(3)20(5)15-21/h6-15,17,28H,16H2,1-5H3,(H,27,29). The normalized spacial score (nSPS) is 11.3. The number of aryl methyl sites for hydroxylation is 3. The van der Waals surface area contributed by atoms with Crippen LogP contribution < -0.4 is 14.8 Å². The lowest BCUT2D eigenvalue weighted by atomic mass is 9.98. The topological polar surface area (TPSA) is 84.5 Å². The highest BCUT2D eigenvalue weighted by molar-refractivity contribution is 7.92. The molecule has 0 atom stereocenters. The summed E-state index contributed by atoms with van der Waals surface area (Å²) in [5, 5.41) is 2.93. The van der Waals surface area contributed by atoms with E-state index in [-0.39, 0.29) is 23.3 Å². The van der Waals surface area contributed by atoms with Crippen molar-refractivity contribution in [1.29, 1.82) is 0 Å². The number of anilines is 2. The Balaban J connectivity index is 1.63. The molecule has 0 saturated carbocycles. The van der Waals surface area contributed by atoms with Gasteiger partial charge in [0, 0.05) is 11.4 Å². The lowest BCUT2D eigenvalue weighted by molar-refractivity contribution is -0.118. The van der Waals surface area contributed by atoms with Crippen molar-refractivity contribution in [2.24, 2.45) is 0 Å². The molecule has 0 unspecified atom stereocenters. The van der Waals surface area contributed by atoms with Gasteiger partial charge in [-0.05, 0) is 85.3 Å². The molecule has 0 saturated heterocycles. The molecule has 0 radical (unpaired) electrons. The number of benzene rings is 3. The maximum absolute atomic E-state index is 12.7. The van der Waals surface area contributed by atoms with Gasteiger partial charge in [0.15, 0.2) is 6.61 Å². The molecule has 33 heavy (non-hydrogen) atoms. The lowest BCUT2D eigenvalue weighted by Gasteiger charge is -2.16. The van der Waals surface area contributed by atoms with Crippen LogP contribution in [0.5, 0.6) is 5.75 Å². The average Bonchev–Trinajstić information content (AvgIpc) is 2.76. The molecule has 0 bridgehead atoms. The van der Waals surface area contributed by atoms with Gasteiger partial charge < -0.3 is 10.1 Å². The molecule has 0 aliphatic heterocycles. The summed E-state index contributed by atoms with van der Waals surface area (Å²) < 4.78 is 33.5. The van der Waals surface area contributed by atoms with Crippen molar-refractivity contribution in [3.63, 3.8) is 0 Å². The van der Waals surface area contributed by atoms with E-state index >= 15 is 0 Å². The second-order valence-electron chi connectivity index (χ2n) is 8.41. The van der Waals surface area contributed by atoms with Crippen molar-refractivity contribution in [1.82, 2.24) is 0 Å². The van der Waals surface area contributed by atoms with Crippen LogP contribution in [-0.4, -0.2) is 20.9 Å². The van der Waals surface area contributed by atoms with Crippen molar-refractivity contribution in [2.75, 3.05) is 16.6 Å². The Labute approximate surface area is 196 Å². The summed E-state index contributed by atoms with van der Waals surface area (Å²) in [6, 6.07) is 17.3. The van der Waals surface area contributed by atoms with Crippen molar-refractivity contribution < 1.29 is 17.9 Å². The monoisotopic (exact) mass is 466 g/mol. The minimum absolute atomic E-state index is 0.110. The molecule has 0 fully saturated rings. The molecule has 2 N–H and O–H groups in total. The smallest absolute Gasteiger partial charge is 0.262 e. The van der Waals surface area contributed by atoms with Gasteiger partial charge in [0.1, 0.15) is 5.75 Å². The second kappa shape index (κ2) is 10.1. The van der Waals surface area contributed by atoms with E-state index in [0.717, 1.165) is 27.9 Å². The van der Waals surface area contributed by atoms with Gasteiger partial charge in [-0.2, -0.15) is 0 Å². The van der Waals surface area contributed by atoms with Crippen LogP contribution in [0.25, 0.3) is 0 Å². The molecule has 3 aromatic carbocycles. The number of rotatable bonds is 8. The molecule has 3 rings (SSSR count). The fraction of sp³-hybridized carbons (Fsp3) is 0.269. The van der Waals surface area contributed by atoms with E-state index in [1.807, 2.05) is 45.0 Å². The van der Waals surface area contributed by atoms with Crippen molar-refractivity contribution in [3.8, 4) is 5.75 Å². The molecule has 0 aliphatic rings. The first-order chi connectivity index (χ1) is 15.6.